The zero-order chi connectivity index (χ0) is 18.8. The predicted octanol–water partition coefficient (Wildman–Crippen LogP) is 4.33. The smallest absolute Gasteiger partial charge is 0.261 e. The summed E-state index contributed by atoms with van der Waals surface area (Å²) in [5.41, 5.74) is 1.00. The van der Waals surface area contributed by atoms with Gasteiger partial charge in [0, 0.05) is 44.3 Å². The number of nitrogens with one attached hydrogen (secondary N) is 1. The van der Waals surface area contributed by atoms with Crippen LogP contribution in [-0.2, 0) is 0 Å². The summed E-state index contributed by atoms with van der Waals surface area (Å²) in [4.78, 5) is 22.3. The van der Waals surface area contributed by atoms with Crippen LogP contribution in [0.5, 0.6) is 0 Å². The van der Waals surface area contributed by atoms with Crippen LogP contribution in [0, 0.1) is 0 Å². The van der Waals surface area contributed by atoms with Crippen LogP contribution >= 0.6 is 50.2 Å². The van der Waals surface area contributed by atoms with E-state index in [0.29, 0.717) is 6.54 Å². The van der Waals surface area contributed by atoms with Gasteiger partial charge < -0.3 is 10.2 Å². The van der Waals surface area contributed by atoms with Crippen LogP contribution in [0.15, 0.2) is 34.1 Å². The Labute approximate surface area is 179 Å². The van der Waals surface area contributed by atoms with Crippen LogP contribution < -0.4 is 10.2 Å². The number of thiophene rings is 1. The fourth-order valence-corrected chi connectivity index (χ4v) is 5.63. The Morgan fingerprint density at radius 3 is 2.74 bits per heavy atom. The van der Waals surface area contributed by atoms with Gasteiger partial charge in [0.2, 0.25) is 0 Å². The molecule has 9 heteroatoms. The van der Waals surface area contributed by atoms with E-state index in [1.165, 1.54) is 11.3 Å². The fourth-order valence-electron chi connectivity index (χ4n) is 3.04. The number of benzene rings is 1. The highest BCUT2D eigenvalue weighted by molar-refractivity contribution is 9.11. The zero-order valence-corrected chi connectivity index (χ0v) is 18.4. The van der Waals surface area contributed by atoms with E-state index < -0.39 is 0 Å². The number of rotatable bonds is 5. The van der Waals surface area contributed by atoms with Gasteiger partial charge in [-0.1, -0.05) is 22.9 Å². The summed E-state index contributed by atoms with van der Waals surface area (Å²) >= 11 is 12.6. The molecule has 5 nitrogen and oxygen atoms in total. The lowest BCUT2D eigenvalue weighted by Gasteiger charge is -2.34. The van der Waals surface area contributed by atoms with Gasteiger partial charge in [-0.2, -0.15) is 0 Å². The summed E-state index contributed by atoms with van der Waals surface area (Å²) in [7, 11) is 0. The molecule has 1 aliphatic heterocycles. The number of hydrogen-bond donors (Lipinski definition) is 1. The van der Waals surface area contributed by atoms with Gasteiger partial charge >= 0.3 is 0 Å². The minimum atomic E-state index is -0.00234. The third-order valence-electron chi connectivity index (χ3n) is 4.49. The zero-order valence-electron chi connectivity index (χ0n) is 14.5. The van der Waals surface area contributed by atoms with Crippen molar-refractivity contribution in [1.29, 1.82) is 0 Å². The van der Waals surface area contributed by atoms with Crippen LogP contribution in [0.2, 0.25) is 5.02 Å². The van der Waals surface area contributed by atoms with E-state index in [4.69, 9.17) is 16.6 Å². The second-order valence-electron chi connectivity index (χ2n) is 6.30. The first-order valence-electron chi connectivity index (χ1n) is 8.65. The molecule has 1 aromatic carbocycles. The molecule has 1 saturated heterocycles. The first kappa shape index (κ1) is 19.1. The molecule has 3 aromatic rings. The highest BCUT2D eigenvalue weighted by atomic mass is 79.9. The Morgan fingerprint density at radius 2 is 2.00 bits per heavy atom. The minimum Gasteiger partial charge on any atom is -0.350 e. The normalized spacial score (nSPS) is 15.4. The van der Waals surface area contributed by atoms with E-state index in [0.717, 1.165) is 61.8 Å². The molecule has 27 heavy (non-hydrogen) atoms. The van der Waals surface area contributed by atoms with Gasteiger partial charge in [0.1, 0.15) is 0 Å². The van der Waals surface area contributed by atoms with Crippen molar-refractivity contribution >= 4 is 71.5 Å². The number of hydrogen-bond acceptors (Lipinski definition) is 6. The van der Waals surface area contributed by atoms with Crippen LogP contribution in [0.3, 0.4) is 0 Å². The largest absolute Gasteiger partial charge is 0.350 e. The lowest BCUT2D eigenvalue weighted by molar-refractivity contribution is 0.0952. The highest BCUT2D eigenvalue weighted by Crippen LogP contribution is 2.31. The third kappa shape index (κ3) is 4.63. The average molecular weight is 486 g/mol. The SMILES string of the molecule is O=C(NCCN1CCN(c2nc3ccc(Cl)cc3s2)CC1)c1ccc(Br)s1. The van der Waals surface area contributed by atoms with Crippen molar-refractivity contribution in [3.8, 4) is 0 Å². The summed E-state index contributed by atoms with van der Waals surface area (Å²) in [6.07, 6.45) is 0. The summed E-state index contributed by atoms with van der Waals surface area (Å²) < 4.78 is 2.10. The Balaban J connectivity index is 1.25. The number of aromatic nitrogens is 1. The number of halogens is 2. The second-order valence-corrected chi connectivity index (χ2v) is 10.2. The van der Waals surface area contributed by atoms with E-state index in [1.807, 2.05) is 30.3 Å². The monoisotopic (exact) mass is 484 g/mol. The van der Waals surface area contributed by atoms with E-state index in [9.17, 15) is 4.79 Å². The molecular formula is C18H18BrClN4OS2. The molecule has 1 aliphatic rings. The Morgan fingerprint density at radius 1 is 1.19 bits per heavy atom. The Hall–Kier alpha value is -1.19. The molecule has 0 unspecified atom stereocenters. The summed E-state index contributed by atoms with van der Waals surface area (Å²) in [6, 6.07) is 9.57. The van der Waals surface area contributed by atoms with Crippen molar-refractivity contribution in [2.45, 2.75) is 0 Å². The first-order chi connectivity index (χ1) is 13.1. The van der Waals surface area contributed by atoms with Crippen LogP contribution in [0.25, 0.3) is 10.2 Å². The molecule has 0 aliphatic carbocycles. The topological polar surface area (TPSA) is 48.5 Å². The van der Waals surface area contributed by atoms with Crippen LogP contribution in [0.4, 0.5) is 5.13 Å². The molecule has 0 atom stereocenters. The maximum Gasteiger partial charge on any atom is 0.261 e. The molecule has 3 heterocycles. The van der Waals surface area contributed by atoms with E-state index >= 15 is 0 Å². The minimum absolute atomic E-state index is 0.00234. The van der Waals surface area contributed by atoms with Gasteiger partial charge in [-0.25, -0.2) is 4.98 Å². The number of carbonyl (C=O) groups is 1. The molecule has 4 rings (SSSR count). The van der Waals surface area contributed by atoms with Gasteiger partial charge in [0.15, 0.2) is 5.13 Å². The standard InChI is InChI=1S/C18H18BrClN4OS2/c19-16-4-3-14(26-16)17(25)21-5-6-23-7-9-24(10-8-23)18-22-13-2-1-12(20)11-15(13)27-18/h1-4,11H,5-10H2,(H,21,25). The first-order valence-corrected chi connectivity index (χ1v) is 11.5. The van der Waals surface area contributed by atoms with Gasteiger partial charge in [-0.05, 0) is 46.3 Å². The average Bonchev–Trinajstić information content (AvgIpc) is 3.28. The number of nitrogens with zero attached hydrogens (tertiary/aromatic N) is 3. The molecule has 0 spiro atoms. The number of carbonyl (C=O) groups excluding carboxylic acids is 1. The van der Waals surface area contributed by atoms with Crippen molar-refractivity contribution in [3.05, 3.63) is 44.0 Å². The third-order valence-corrected chi connectivity index (χ3v) is 7.43. The molecular weight excluding hydrogens is 468 g/mol. The van der Waals surface area contributed by atoms with Crippen molar-refractivity contribution < 1.29 is 4.79 Å². The van der Waals surface area contributed by atoms with Crippen molar-refractivity contribution in [1.82, 2.24) is 15.2 Å². The molecule has 0 bridgehead atoms. The van der Waals surface area contributed by atoms with Gasteiger partial charge in [-0.3, -0.25) is 9.69 Å². The number of amides is 1. The summed E-state index contributed by atoms with van der Waals surface area (Å²) in [5, 5.41) is 4.81. The maximum absolute atomic E-state index is 12.1. The van der Waals surface area contributed by atoms with E-state index in [-0.39, 0.29) is 5.91 Å². The fraction of sp³-hybridized carbons (Fsp3) is 0.333. The molecule has 0 radical (unpaired) electrons. The molecule has 1 fully saturated rings. The molecule has 1 N–H and O–H groups in total. The van der Waals surface area contributed by atoms with Crippen LogP contribution in [-0.4, -0.2) is 55.1 Å². The number of anilines is 1. The van der Waals surface area contributed by atoms with Crippen LogP contribution in [0.1, 0.15) is 9.67 Å². The Bertz CT molecular complexity index is 952. The lowest BCUT2D eigenvalue weighted by Crippen LogP contribution is -2.48. The predicted molar refractivity (Wildman–Crippen MR) is 118 cm³/mol. The lowest BCUT2D eigenvalue weighted by atomic mass is 10.3. The van der Waals surface area contributed by atoms with Gasteiger partial charge in [0.05, 0.1) is 18.9 Å². The van der Waals surface area contributed by atoms with Gasteiger partial charge in [0.25, 0.3) is 5.91 Å². The molecule has 142 valence electrons. The van der Waals surface area contributed by atoms with Crippen molar-refractivity contribution in [2.24, 2.45) is 0 Å². The molecule has 0 saturated carbocycles. The molecule has 1 amide bonds. The quantitative estimate of drug-likeness (QED) is 0.584. The van der Waals surface area contributed by atoms with Gasteiger partial charge in [-0.15, -0.1) is 11.3 Å². The second kappa shape index (κ2) is 8.45. The highest BCUT2D eigenvalue weighted by Gasteiger charge is 2.20. The summed E-state index contributed by atoms with van der Waals surface area (Å²) in [5.74, 6) is -0.00234. The maximum atomic E-state index is 12.1. The summed E-state index contributed by atoms with van der Waals surface area (Å²) in [6.45, 7) is 5.35. The number of thiazole rings is 1. The Kier molecular flexibility index (Phi) is 5.99. The van der Waals surface area contributed by atoms with Crippen molar-refractivity contribution in [3.63, 3.8) is 0 Å². The molecule has 2 aromatic heterocycles. The van der Waals surface area contributed by atoms with E-state index in [1.54, 1.807) is 11.3 Å². The van der Waals surface area contributed by atoms with Crippen molar-refractivity contribution in [2.75, 3.05) is 44.2 Å². The van der Waals surface area contributed by atoms with E-state index in [2.05, 4.69) is 31.0 Å². The number of fused-ring (bicyclic) bond motifs is 1. The number of piperazine rings is 1.